The third-order valence-corrected chi connectivity index (χ3v) is 3.53. The van der Waals surface area contributed by atoms with Gasteiger partial charge in [-0.15, -0.1) is 0 Å². The molecule has 0 saturated carbocycles. The van der Waals surface area contributed by atoms with E-state index in [-0.39, 0.29) is 5.92 Å². The van der Waals surface area contributed by atoms with Crippen molar-refractivity contribution in [2.45, 2.75) is 25.7 Å². The monoisotopic (exact) mass is 282 g/mol. The van der Waals surface area contributed by atoms with Gasteiger partial charge in [-0.2, -0.15) is 4.98 Å². The summed E-state index contributed by atoms with van der Waals surface area (Å²) in [4.78, 5) is 9.03. The lowest BCUT2D eigenvalue weighted by Gasteiger charge is -2.03. The molecule has 2 heterocycles. The smallest absolute Gasteiger partial charge is 0.229 e. The number of aromatic nitrogens is 3. The molecule has 0 bridgehead atoms. The van der Waals surface area contributed by atoms with Crippen LogP contribution in [0, 0.1) is 0 Å². The van der Waals surface area contributed by atoms with Crippen molar-refractivity contribution in [3.63, 3.8) is 0 Å². The van der Waals surface area contributed by atoms with Gasteiger partial charge in [-0.25, -0.2) is 4.98 Å². The highest BCUT2D eigenvalue weighted by molar-refractivity contribution is 5.80. The zero-order valence-electron chi connectivity index (χ0n) is 12.0. The summed E-state index contributed by atoms with van der Waals surface area (Å²) in [5.74, 6) is 1.40. The first-order chi connectivity index (χ1) is 10.3. The molecule has 2 aromatic heterocycles. The predicted molar refractivity (Wildman–Crippen MR) is 81.7 cm³/mol. The number of hydrogen-bond acceptors (Lipinski definition) is 5. The summed E-state index contributed by atoms with van der Waals surface area (Å²) in [6, 6.07) is 11.9. The molecule has 108 valence electrons. The van der Waals surface area contributed by atoms with Gasteiger partial charge in [0.1, 0.15) is 5.69 Å². The second kappa shape index (κ2) is 6.01. The quantitative estimate of drug-likeness (QED) is 0.777. The van der Waals surface area contributed by atoms with Crippen molar-refractivity contribution in [3.05, 3.63) is 42.3 Å². The van der Waals surface area contributed by atoms with Crippen LogP contribution in [0.1, 0.15) is 31.6 Å². The fourth-order valence-electron chi connectivity index (χ4n) is 2.28. The number of benzene rings is 1. The molecule has 0 spiro atoms. The van der Waals surface area contributed by atoms with Crippen molar-refractivity contribution in [1.29, 1.82) is 0 Å². The Bertz CT molecular complexity index is 738. The van der Waals surface area contributed by atoms with E-state index in [1.807, 2.05) is 36.4 Å². The minimum absolute atomic E-state index is 0.218. The van der Waals surface area contributed by atoms with Crippen molar-refractivity contribution in [3.8, 4) is 11.5 Å². The molecule has 0 saturated heterocycles. The molecule has 21 heavy (non-hydrogen) atoms. The molecule has 0 aliphatic rings. The largest absolute Gasteiger partial charge is 0.339 e. The van der Waals surface area contributed by atoms with E-state index in [0.717, 1.165) is 29.4 Å². The van der Waals surface area contributed by atoms with Crippen molar-refractivity contribution in [1.82, 2.24) is 15.1 Å². The molecule has 3 rings (SSSR count). The van der Waals surface area contributed by atoms with Crippen molar-refractivity contribution < 1.29 is 4.52 Å². The van der Waals surface area contributed by atoms with E-state index in [1.165, 1.54) is 0 Å². The Balaban J connectivity index is 1.87. The fraction of sp³-hybridized carbons (Fsp3) is 0.312. The number of pyridine rings is 1. The highest BCUT2D eigenvalue weighted by atomic mass is 16.5. The Morgan fingerprint density at radius 1 is 1.14 bits per heavy atom. The van der Waals surface area contributed by atoms with Crippen LogP contribution in [0.2, 0.25) is 0 Å². The van der Waals surface area contributed by atoms with Gasteiger partial charge < -0.3 is 10.3 Å². The molecule has 0 radical (unpaired) electrons. The van der Waals surface area contributed by atoms with Gasteiger partial charge in [0.25, 0.3) is 0 Å². The van der Waals surface area contributed by atoms with Gasteiger partial charge in [0.05, 0.1) is 5.52 Å². The van der Waals surface area contributed by atoms with Crippen LogP contribution >= 0.6 is 0 Å². The number of fused-ring (bicyclic) bond motifs is 1. The first kappa shape index (κ1) is 13.7. The Morgan fingerprint density at radius 3 is 2.86 bits per heavy atom. The van der Waals surface area contributed by atoms with Crippen molar-refractivity contribution in [2.24, 2.45) is 5.73 Å². The lowest BCUT2D eigenvalue weighted by atomic mass is 10.1. The summed E-state index contributed by atoms with van der Waals surface area (Å²) < 4.78 is 5.35. The number of nitrogens with zero attached hydrogens (tertiary/aromatic N) is 3. The third-order valence-electron chi connectivity index (χ3n) is 3.53. The van der Waals surface area contributed by atoms with E-state index >= 15 is 0 Å². The molecule has 5 nitrogen and oxygen atoms in total. The van der Waals surface area contributed by atoms with E-state index < -0.39 is 0 Å². The Labute approximate surface area is 123 Å². The molecule has 1 aromatic carbocycles. The number of rotatable bonds is 5. The summed E-state index contributed by atoms with van der Waals surface area (Å²) in [5.41, 5.74) is 7.19. The summed E-state index contributed by atoms with van der Waals surface area (Å²) in [6.07, 6.45) is 1.90. The van der Waals surface area contributed by atoms with Gasteiger partial charge in [-0.1, -0.05) is 36.3 Å². The van der Waals surface area contributed by atoms with Crippen molar-refractivity contribution >= 4 is 10.9 Å². The maximum atomic E-state index is 5.53. The molecule has 0 aliphatic carbocycles. The predicted octanol–water partition coefficient (Wildman–Crippen LogP) is 3.13. The van der Waals surface area contributed by atoms with Gasteiger partial charge in [0.2, 0.25) is 11.7 Å². The van der Waals surface area contributed by atoms with Gasteiger partial charge in [-0.05, 0) is 31.5 Å². The second-order valence-corrected chi connectivity index (χ2v) is 5.18. The zero-order valence-corrected chi connectivity index (χ0v) is 12.0. The van der Waals surface area contributed by atoms with Crippen LogP contribution in [-0.4, -0.2) is 21.7 Å². The van der Waals surface area contributed by atoms with Gasteiger partial charge in [0, 0.05) is 11.3 Å². The second-order valence-electron chi connectivity index (χ2n) is 5.18. The Morgan fingerprint density at radius 2 is 2.00 bits per heavy atom. The molecule has 1 unspecified atom stereocenters. The molecular weight excluding hydrogens is 264 g/mol. The topological polar surface area (TPSA) is 77.8 Å². The average molecular weight is 282 g/mol. The Kier molecular flexibility index (Phi) is 3.92. The molecule has 1 atom stereocenters. The van der Waals surface area contributed by atoms with Gasteiger partial charge in [-0.3, -0.25) is 0 Å². The summed E-state index contributed by atoms with van der Waals surface area (Å²) in [5, 5.41) is 5.14. The molecule has 2 N–H and O–H groups in total. The van der Waals surface area contributed by atoms with E-state index in [9.17, 15) is 0 Å². The van der Waals surface area contributed by atoms with Gasteiger partial charge in [0.15, 0.2) is 0 Å². The molecule has 5 heteroatoms. The molecule has 0 amide bonds. The molecule has 3 aromatic rings. The van der Waals surface area contributed by atoms with Crippen molar-refractivity contribution in [2.75, 3.05) is 6.54 Å². The normalized spacial score (nSPS) is 12.7. The minimum atomic E-state index is 0.218. The van der Waals surface area contributed by atoms with Crippen LogP contribution in [0.3, 0.4) is 0 Å². The minimum Gasteiger partial charge on any atom is -0.339 e. The van der Waals surface area contributed by atoms with E-state index in [2.05, 4.69) is 22.0 Å². The highest BCUT2D eigenvalue weighted by Crippen LogP contribution is 2.23. The van der Waals surface area contributed by atoms with Crippen LogP contribution < -0.4 is 5.73 Å². The zero-order chi connectivity index (χ0) is 14.7. The molecular formula is C16H18N4O. The average Bonchev–Trinajstić information content (AvgIpc) is 3.02. The number of hydrogen-bond donors (Lipinski definition) is 1. The third kappa shape index (κ3) is 2.92. The van der Waals surface area contributed by atoms with Gasteiger partial charge >= 0.3 is 0 Å². The molecule has 0 aliphatic heterocycles. The fourth-order valence-corrected chi connectivity index (χ4v) is 2.28. The number of para-hydroxylation sites is 1. The summed E-state index contributed by atoms with van der Waals surface area (Å²) in [6.45, 7) is 2.75. The lowest BCUT2D eigenvalue weighted by molar-refractivity contribution is 0.352. The standard InChI is InChI=1S/C16H18N4O/c1-11(5-4-10-17)16-19-15(20-21-16)14-9-8-12-6-2-3-7-13(12)18-14/h2-3,6-9,11H,4-5,10,17H2,1H3. The SMILES string of the molecule is CC(CCCN)c1nc(-c2ccc3ccccc3n2)no1. The number of nitrogens with two attached hydrogens (primary N) is 1. The summed E-state index contributed by atoms with van der Waals surface area (Å²) >= 11 is 0. The van der Waals surface area contributed by atoms with Crippen LogP contribution in [0.4, 0.5) is 0 Å². The van der Waals surface area contributed by atoms with Crippen LogP contribution in [-0.2, 0) is 0 Å². The lowest BCUT2D eigenvalue weighted by Crippen LogP contribution is -2.02. The van der Waals surface area contributed by atoms with Crippen LogP contribution in [0.25, 0.3) is 22.4 Å². The Hall–Kier alpha value is -2.27. The summed E-state index contributed by atoms with van der Waals surface area (Å²) in [7, 11) is 0. The first-order valence-electron chi connectivity index (χ1n) is 7.18. The van der Waals surface area contributed by atoms with E-state index in [4.69, 9.17) is 10.3 Å². The van der Waals surface area contributed by atoms with E-state index in [1.54, 1.807) is 0 Å². The van der Waals surface area contributed by atoms with Crippen LogP contribution in [0.15, 0.2) is 40.9 Å². The maximum absolute atomic E-state index is 5.53. The first-order valence-corrected chi connectivity index (χ1v) is 7.18. The maximum Gasteiger partial charge on any atom is 0.229 e. The van der Waals surface area contributed by atoms with Crippen LogP contribution in [0.5, 0.6) is 0 Å². The van der Waals surface area contributed by atoms with E-state index in [0.29, 0.717) is 18.3 Å². The highest BCUT2D eigenvalue weighted by Gasteiger charge is 2.15. The molecule has 0 fully saturated rings.